The fourth-order valence-corrected chi connectivity index (χ4v) is 9.57. The van der Waals surface area contributed by atoms with E-state index in [-0.39, 0.29) is 0 Å². The normalized spacial score (nSPS) is 11.6. The zero-order valence-corrected chi connectivity index (χ0v) is 28.4. The molecule has 234 valence electrons. The molecule has 0 radical (unpaired) electrons. The first-order chi connectivity index (χ1) is 24.8. The van der Waals surface area contributed by atoms with Gasteiger partial charge in [-0.3, -0.25) is 0 Å². The van der Waals surface area contributed by atoms with Crippen LogP contribution in [0.4, 0.5) is 0 Å². The standard InChI is InChI=1S/C45H27N3S2/c1-4-14-28(15-5-1)31-26-27-33(42-40(31)34-20-10-11-24-37(34)49-42)32-21-13-25-38-39(32)35-22-12-23-36(41(35)50-38)45-47-43(29-16-6-2-7-17-29)46-44(48-45)30-18-8-3-9-19-30/h1-27H. The number of rotatable bonds is 5. The Balaban J connectivity index is 1.22. The third-order valence-electron chi connectivity index (χ3n) is 9.36. The van der Waals surface area contributed by atoms with E-state index >= 15 is 0 Å². The Morgan fingerprint density at radius 3 is 1.54 bits per heavy atom. The van der Waals surface area contributed by atoms with E-state index in [0.29, 0.717) is 17.5 Å². The molecule has 0 saturated carbocycles. The molecule has 10 aromatic rings. The number of thiophene rings is 2. The van der Waals surface area contributed by atoms with Crippen LogP contribution in [0.3, 0.4) is 0 Å². The van der Waals surface area contributed by atoms with Crippen molar-refractivity contribution >= 4 is 63.0 Å². The molecule has 3 aromatic heterocycles. The van der Waals surface area contributed by atoms with Crippen LogP contribution in [-0.2, 0) is 0 Å². The zero-order valence-electron chi connectivity index (χ0n) is 26.7. The number of fused-ring (bicyclic) bond motifs is 6. The molecule has 0 atom stereocenters. The van der Waals surface area contributed by atoms with E-state index < -0.39 is 0 Å². The quantitative estimate of drug-likeness (QED) is 0.182. The van der Waals surface area contributed by atoms with Crippen LogP contribution in [0, 0.1) is 0 Å². The minimum Gasteiger partial charge on any atom is -0.208 e. The maximum Gasteiger partial charge on any atom is 0.165 e. The van der Waals surface area contributed by atoms with Crippen molar-refractivity contribution in [1.82, 2.24) is 15.0 Å². The van der Waals surface area contributed by atoms with Crippen LogP contribution in [0.5, 0.6) is 0 Å². The van der Waals surface area contributed by atoms with Gasteiger partial charge >= 0.3 is 0 Å². The highest BCUT2D eigenvalue weighted by molar-refractivity contribution is 7.27. The molecule has 0 saturated heterocycles. The van der Waals surface area contributed by atoms with Crippen LogP contribution in [0.25, 0.3) is 96.8 Å². The Labute approximate surface area is 296 Å². The highest BCUT2D eigenvalue weighted by atomic mass is 32.1. The molecule has 0 aliphatic carbocycles. The summed E-state index contributed by atoms with van der Waals surface area (Å²) in [5.74, 6) is 2.01. The third kappa shape index (κ3) is 4.74. The maximum absolute atomic E-state index is 5.09. The lowest BCUT2D eigenvalue weighted by Crippen LogP contribution is -2.00. The zero-order chi connectivity index (χ0) is 33.0. The fourth-order valence-electron chi connectivity index (χ4n) is 7.08. The molecule has 0 N–H and O–H groups in total. The Hall–Kier alpha value is -6.01. The first-order valence-electron chi connectivity index (χ1n) is 16.6. The van der Waals surface area contributed by atoms with Gasteiger partial charge in [-0.25, -0.2) is 15.0 Å². The van der Waals surface area contributed by atoms with Gasteiger partial charge in [0, 0.05) is 62.6 Å². The minimum absolute atomic E-state index is 0.666. The van der Waals surface area contributed by atoms with Gasteiger partial charge in [0.2, 0.25) is 0 Å². The Kier molecular flexibility index (Phi) is 6.86. The van der Waals surface area contributed by atoms with Gasteiger partial charge in [0.1, 0.15) is 0 Å². The average Bonchev–Trinajstić information content (AvgIpc) is 3.78. The second kappa shape index (κ2) is 11.8. The van der Waals surface area contributed by atoms with Crippen molar-refractivity contribution in [3.8, 4) is 56.4 Å². The van der Waals surface area contributed by atoms with Crippen LogP contribution < -0.4 is 0 Å². The smallest absolute Gasteiger partial charge is 0.165 e. The molecule has 3 heterocycles. The first kappa shape index (κ1) is 29.0. The molecule has 3 nitrogen and oxygen atoms in total. The molecule has 0 bridgehead atoms. The van der Waals surface area contributed by atoms with Gasteiger partial charge in [-0.1, -0.05) is 146 Å². The molecule has 0 amide bonds. The highest BCUT2D eigenvalue weighted by Crippen LogP contribution is 2.49. The molecular formula is C45H27N3S2. The van der Waals surface area contributed by atoms with Gasteiger partial charge < -0.3 is 0 Å². The molecule has 10 rings (SSSR count). The van der Waals surface area contributed by atoms with E-state index in [4.69, 9.17) is 15.0 Å². The molecule has 0 spiro atoms. The van der Waals surface area contributed by atoms with Crippen LogP contribution >= 0.6 is 22.7 Å². The van der Waals surface area contributed by atoms with Crippen molar-refractivity contribution in [2.45, 2.75) is 0 Å². The number of aromatic nitrogens is 3. The maximum atomic E-state index is 5.09. The van der Waals surface area contributed by atoms with E-state index in [9.17, 15) is 0 Å². The summed E-state index contributed by atoms with van der Waals surface area (Å²) in [5, 5.41) is 5.10. The summed E-state index contributed by atoms with van der Waals surface area (Å²) >= 11 is 3.69. The second-order valence-electron chi connectivity index (χ2n) is 12.3. The topological polar surface area (TPSA) is 38.7 Å². The van der Waals surface area contributed by atoms with Crippen molar-refractivity contribution in [2.24, 2.45) is 0 Å². The lowest BCUT2D eigenvalue weighted by molar-refractivity contribution is 1.08. The Morgan fingerprint density at radius 2 is 0.820 bits per heavy atom. The van der Waals surface area contributed by atoms with Crippen LogP contribution in [-0.4, -0.2) is 15.0 Å². The van der Waals surface area contributed by atoms with Crippen molar-refractivity contribution in [3.05, 3.63) is 164 Å². The molecule has 0 fully saturated rings. The summed E-state index contributed by atoms with van der Waals surface area (Å²) in [6, 6.07) is 57.8. The van der Waals surface area contributed by atoms with Gasteiger partial charge in [-0.2, -0.15) is 0 Å². The van der Waals surface area contributed by atoms with Crippen molar-refractivity contribution < 1.29 is 0 Å². The monoisotopic (exact) mass is 673 g/mol. The molecule has 0 unspecified atom stereocenters. The van der Waals surface area contributed by atoms with Crippen LogP contribution in [0.2, 0.25) is 0 Å². The van der Waals surface area contributed by atoms with Gasteiger partial charge in [0.25, 0.3) is 0 Å². The van der Waals surface area contributed by atoms with Gasteiger partial charge in [-0.05, 0) is 34.9 Å². The largest absolute Gasteiger partial charge is 0.208 e. The Morgan fingerprint density at radius 1 is 0.300 bits per heavy atom. The predicted octanol–water partition coefficient (Wildman–Crippen LogP) is 12.9. The molecule has 50 heavy (non-hydrogen) atoms. The van der Waals surface area contributed by atoms with Crippen molar-refractivity contribution in [3.63, 3.8) is 0 Å². The van der Waals surface area contributed by atoms with E-state index in [1.807, 2.05) is 59.1 Å². The van der Waals surface area contributed by atoms with E-state index in [1.54, 1.807) is 0 Å². The van der Waals surface area contributed by atoms with E-state index in [1.165, 1.54) is 62.6 Å². The molecule has 5 heteroatoms. The van der Waals surface area contributed by atoms with Crippen LogP contribution in [0.15, 0.2) is 164 Å². The van der Waals surface area contributed by atoms with Gasteiger partial charge in [0.15, 0.2) is 17.5 Å². The number of hydrogen-bond donors (Lipinski definition) is 0. The number of benzene rings is 7. The summed E-state index contributed by atoms with van der Waals surface area (Å²) in [4.78, 5) is 15.1. The molecule has 0 aliphatic rings. The molecule has 0 aliphatic heterocycles. The van der Waals surface area contributed by atoms with Gasteiger partial charge in [-0.15, -0.1) is 22.7 Å². The molecule has 7 aromatic carbocycles. The summed E-state index contributed by atoms with van der Waals surface area (Å²) in [6.07, 6.45) is 0. The third-order valence-corrected chi connectivity index (χ3v) is 11.8. The predicted molar refractivity (Wildman–Crippen MR) is 213 cm³/mol. The number of nitrogens with zero attached hydrogens (tertiary/aromatic N) is 3. The summed E-state index contributed by atoms with van der Waals surface area (Å²) in [7, 11) is 0. The summed E-state index contributed by atoms with van der Waals surface area (Å²) < 4.78 is 5.03. The van der Waals surface area contributed by atoms with E-state index in [0.717, 1.165) is 16.7 Å². The lowest BCUT2D eigenvalue weighted by Gasteiger charge is -2.11. The highest BCUT2D eigenvalue weighted by Gasteiger charge is 2.21. The SMILES string of the molecule is c1ccc(-c2nc(-c3ccccc3)nc(-c3cccc4c3sc3cccc(-c5ccc(-c6ccccc6)c6c5sc5ccccc56)c34)n2)cc1. The van der Waals surface area contributed by atoms with Gasteiger partial charge in [0.05, 0.1) is 0 Å². The lowest BCUT2D eigenvalue weighted by atomic mass is 9.93. The first-order valence-corrected chi connectivity index (χ1v) is 18.2. The van der Waals surface area contributed by atoms with Crippen molar-refractivity contribution in [2.75, 3.05) is 0 Å². The minimum atomic E-state index is 0.666. The summed E-state index contributed by atoms with van der Waals surface area (Å²) in [5.41, 5.74) is 7.94. The van der Waals surface area contributed by atoms with E-state index in [2.05, 4.69) is 127 Å². The second-order valence-corrected chi connectivity index (χ2v) is 14.4. The summed E-state index contributed by atoms with van der Waals surface area (Å²) in [6.45, 7) is 0. The van der Waals surface area contributed by atoms with Crippen LogP contribution in [0.1, 0.15) is 0 Å². The Bertz CT molecular complexity index is 2800. The average molecular weight is 674 g/mol. The number of hydrogen-bond acceptors (Lipinski definition) is 5. The fraction of sp³-hybridized carbons (Fsp3) is 0. The van der Waals surface area contributed by atoms with Crippen molar-refractivity contribution in [1.29, 1.82) is 0 Å². The molecular weight excluding hydrogens is 647 g/mol.